The Balaban J connectivity index is 2.05. The second-order valence-corrected chi connectivity index (χ2v) is 5.62. The van der Waals surface area contributed by atoms with Gasteiger partial charge in [-0.05, 0) is 25.3 Å². The minimum atomic E-state index is -0.476. The molecule has 18 heavy (non-hydrogen) atoms. The minimum Gasteiger partial charge on any atom is -0.338 e. The number of hydrogen-bond acceptors (Lipinski definition) is 5. The van der Waals surface area contributed by atoms with Gasteiger partial charge in [-0.1, -0.05) is 11.3 Å². The van der Waals surface area contributed by atoms with E-state index in [-0.39, 0.29) is 17.0 Å². The Morgan fingerprint density at radius 2 is 2.39 bits per heavy atom. The molecular weight excluding hydrogens is 254 g/mol. The quantitative estimate of drug-likeness (QED) is 0.664. The average molecular weight is 269 g/mol. The molecule has 1 aliphatic heterocycles. The molecule has 1 aliphatic rings. The third-order valence-electron chi connectivity index (χ3n) is 3.24. The van der Waals surface area contributed by atoms with E-state index < -0.39 is 4.92 Å². The van der Waals surface area contributed by atoms with Crippen LogP contribution >= 0.6 is 11.3 Å². The van der Waals surface area contributed by atoms with E-state index in [9.17, 15) is 14.9 Å². The molecule has 6 nitrogen and oxygen atoms in total. The Morgan fingerprint density at radius 3 is 2.89 bits per heavy atom. The first-order valence-corrected chi connectivity index (χ1v) is 6.59. The van der Waals surface area contributed by atoms with Gasteiger partial charge in [0.1, 0.15) is 0 Å². The molecule has 0 radical (unpaired) electrons. The fourth-order valence-electron chi connectivity index (χ4n) is 2.10. The molecule has 98 valence electrons. The van der Waals surface area contributed by atoms with Crippen LogP contribution in [0.4, 0.5) is 5.00 Å². The zero-order valence-electron chi connectivity index (χ0n) is 10.0. The molecule has 1 aromatic heterocycles. The molecule has 0 aliphatic carbocycles. The van der Waals surface area contributed by atoms with Gasteiger partial charge in [-0.25, -0.2) is 0 Å². The van der Waals surface area contributed by atoms with E-state index in [2.05, 4.69) is 0 Å². The van der Waals surface area contributed by atoms with Crippen LogP contribution in [-0.2, 0) is 0 Å². The number of hydrogen-bond donors (Lipinski definition) is 1. The third kappa shape index (κ3) is 2.51. The number of nitrogens with zero attached hydrogens (tertiary/aromatic N) is 2. The molecule has 2 N–H and O–H groups in total. The highest BCUT2D eigenvalue weighted by atomic mass is 32.1. The molecule has 7 heteroatoms. The van der Waals surface area contributed by atoms with Crippen LogP contribution in [0.1, 0.15) is 23.0 Å². The normalized spacial score (nSPS) is 21.0. The second kappa shape index (κ2) is 5.03. The monoisotopic (exact) mass is 269 g/mol. The van der Waals surface area contributed by atoms with Gasteiger partial charge in [0, 0.05) is 25.2 Å². The summed E-state index contributed by atoms with van der Waals surface area (Å²) in [5.41, 5.74) is 5.82. The van der Waals surface area contributed by atoms with Gasteiger partial charge in [0.2, 0.25) is 0 Å². The number of amides is 1. The van der Waals surface area contributed by atoms with Crippen LogP contribution in [0.2, 0.25) is 0 Å². The molecule has 0 aromatic carbocycles. The Kier molecular flexibility index (Phi) is 3.63. The standard InChI is InChI=1S/C11H15N3O3S/c1-7(12)8-4-5-13(6-8)11(15)9-2-3-10(18-9)14(16)17/h2-3,7-8H,4-6,12H2,1H3. The van der Waals surface area contributed by atoms with Crippen molar-refractivity contribution in [1.29, 1.82) is 0 Å². The molecule has 2 atom stereocenters. The summed E-state index contributed by atoms with van der Waals surface area (Å²) in [5, 5.41) is 10.6. The number of carbonyl (C=O) groups is 1. The van der Waals surface area contributed by atoms with E-state index in [1.54, 1.807) is 4.90 Å². The fourth-order valence-corrected chi connectivity index (χ4v) is 2.89. The van der Waals surface area contributed by atoms with Crippen LogP contribution in [0.25, 0.3) is 0 Å². The van der Waals surface area contributed by atoms with Crippen LogP contribution in [0.15, 0.2) is 12.1 Å². The molecule has 0 saturated carbocycles. The van der Waals surface area contributed by atoms with Crippen LogP contribution in [0, 0.1) is 16.0 Å². The Bertz CT molecular complexity index is 472. The van der Waals surface area contributed by atoms with E-state index in [0.717, 1.165) is 17.8 Å². The number of nitrogens with two attached hydrogens (primary N) is 1. The average Bonchev–Trinajstić information content (AvgIpc) is 2.97. The van der Waals surface area contributed by atoms with Gasteiger partial charge in [-0.2, -0.15) is 0 Å². The van der Waals surface area contributed by atoms with Gasteiger partial charge in [0.15, 0.2) is 0 Å². The first-order valence-electron chi connectivity index (χ1n) is 5.78. The lowest BCUT2D eigenvalue weighted by Crippen LogP contribution is -2.32. The van der Waals surface area contributed by atoms with Gasteiger partial charge in [-0.15, -0.1) is 0 Å². The zero-order valence-corrected chi connectivity index (χ0v) is 10.9. The van der Waals surface area contributed by atoms with E-state index in [1.165, 1.54) is 12.1 Å². The van der Waals surface area contributed by atoms with Crippen molar-refractivity contribution >= 4 is 22.2 Å². The van der Waals surface area contributed by atoms with Crippen LogP contribution < -0.4 is 5.73 Å². The van der Waals surface area contributed by atoms with Gasteiger partial charge in [0.05, 0.1) is 9.80 Å². The summed E-state index contributed by atoms with van der Waals surface area (Å²) < 4.78 is 0. The Labute approximate surface area is 109 Å². The van der Waals surface area contributed by atoms with Crippen molar-refractivity contribution in [3.05, 3.63) is 27.1 Å². The maximum absolute atomic E-state index is 12.1. The largest absolute Gasteiger partial charge is 0.338 e. The highest BCUT2D eigenvalue weighted by Gasteiger charge is 2.30. The summed E-state index contributed by atoms with van der Waals surface area (Å²) in [5.74, 6) is 0.195. The number of rotatable bonds is 3. The van der Waals surface area contributed by atoms with Crippen molar-refractivity contribution in [1.82, 2.24) is 4.90 Å². The Morgan fingerprint density at radius 1 is 1.67 bits per heavy atom. The molecule has 1 amide bonds. The zero-order chi connectivity index (χ0) is 13.3. The number of likely N-dealkylation sites (tertiary alicyclic amines) is 1. The van der Waals surface area contributed by atoms with Crippen molar-refractivity contribution in [3.63, 3.8) is 0 Å². The predicted octanol–water partition coefficient (Wildman–Crippen LogP) is 1.47. The van der Waals surface area contributed by atoms with Gasteiger partial charge in [-0.3, -0.25) is 14.9 Å². The number of nitro groups is 1. The molecule has 0 spiro atoms. The van der Waals surface area contributed by atoms with Crippen LogP contribution in [-0.4, -0.2) is 34.9 Å². The molecule has 2 unspecified atom stereocenters. The lowest BCUT2D eigenvalue weighted by atomic mass is 10.0. The first kappa shape index (κ1) is 13.0. The third-order valence-corrected chi connectivity index (χ3v) is 4.26. The van der Waals surface area contributed by atoms with Crippen molar-refractivity contribution in [2.45, 2.75) is 19.4 Å². The lowest BCUT2D eigenvalue weighted by molar-refractivity contribution is -0.380. The van der Waals surface area contributed by atoms with E-state index >= 15 is 0 Å². The molecule has 2 heterocycles. The van der Waals surface area contributed by atoms with Crippen molar-refractivity contribution < 1.29 is 9.72 Å². The highest BCUT2D eigenvalue weighted by Crippen LogP contribution is 2.27. The predicted molar refractivity (Wildman–Crippen MR) is 68.6 cm³/mol. The topological polar surface area (TPSA) is 89.5 Å². The Hall–Kier alpha value is -1.47. The van der Waals surface area contributed by atoms with Gasteiger partial charge >= 0.3 is 5.00 Å². The van der Waals surface area contributed by atoms with E-state index in [4.69, 9.17) is 5.73 Å². The molecular formula is C11H15N3O3S. The summed E-state index contributed by atoms with van der Waals surface area (Å²) in [6.07, 6.45) is 0.900. The van der Waals surface area contributed by atoms with Gasteiger partial charge in [0.25, 0.3) is 5.91 Å². The minimum absolute atomic E-state index is 0.00119. The number of carbonyl (C=O) groups excluding carboxylic acids is 1. The van der Waals surface area contributed by atoms with E-state index in [0.29, 0.717) is 23.9 Å². The van der Waals surface area contributed by atoms with Crippen LogP contribution in [0.3, 0.4) is 0 Å². The van der Waals surface area contributed by atoms with Crippen molar-refractivity contribution in [2.75, 3.05) is 13.1 Å². The summed E-state index contributed by atoms with van der Waals surface area (Å²) in [6, 6.07) is 2.96. The number of thiophene rings is 1. The van der Waals surface area contributed by atoms with Crippen LogP contribution in [0.5, 0.6) is 0 Å². The smallest absolute Gasteiger partial charge is 0.324 e. The van der Waals surface area contributed by atoms with Crippen molar-refractivity contribution in [2.24, 2.45) is 11.7 Å². The molecule has 0 bridgehead atoms. The van der Waals surface area contributed by atoms with Gasteiger partial charge < -0.3 is 10.6 Å². The maximum Gasteiger partial charge on any atom is 0.324 e. The summed E-state index contributed by atoms with van der Waals surface area (Å²) in [7, 11) is 0. The SMILES string of the molecule is CC(N)C1CCN(C(=O)c2ccc([N+](=O)[O-])s2)C1. The fraction of sp³-hybridized carbons (Fsp3) is 0.545. The summed E-state index contributed by atoms with van der Waals surface area (Å²) in [4.78, 5) is 24.4. The maximum atomic E-state index is 12.1. The first-order chi connectivity index (χ1) is 8.49. The van der Waals surface area contributed by atoms with E-state index in [1.807, 2.05) is 6.92 Å². The summed E-state index contributed by atoms with van der Waals surface area (Å²) in [6.45, 7) is 3.26. The van der Waals surface area contributed by atoms with Crippen molar-refractivity contribution in [3.8, 4) is 0 Å². The molecule has 1 aromatic rings. The molecule has 1 fully saturated rings. The molecule has 2 rings (SSSR count). The highest BCUT2D eigenvalue weighted by molar-refractivity contribution is 7.17. The molecule has 1 saturated heterocycles. The summed E-state index contributed by atoms with van der Waals surface area (Å²) >= 11 is 0.924. The second-order valence-electron chi connectivity index (χ2n) is 4.55. The lowest BCUT2D eigenvalue weighted by Gasteiger charge is -2.17.